The van der Waals surface area contributed by atoms with E-state index in [0.29, 0.717) is 17.2 Å². The minimum absolute atomic E-state index is 0.0609. The molecule has 156 valence electrons. The van der Waals surface area contributed by atoms with E-state index in [1.807, 2.05) is 42.5 Å². The summed E-state index contributed by atoms with van der Waals surface area (Å²) in [6.07, 6.45) is 10.3. The van der Waals surface area contributed by atoms with E-state index >= 15 is 4.39 Å². The van der Waals surface area contributed by atoms with E-state index < -0.39 is 0 Å². The fraction of sp³-hybridized carbons (Fsp3) is 0.267. The monoisotopic (exact) mass is 408 g/mol. The molecule has 0 aromatic heterocycles. The van der Waals surface area contributed by atoms with Crippen molar-refractivity contribution < 1.29 is 4.39 Å². The number of allylic oxidation sites excluding steroid dienone is 2. The van der Waals surface area contributed by atoms with Crippen LogP contribution in [0.3, 0.4) is 0 Å². The molecular weight excluding hydrogens is 379 g/mol. The summed E-state index contributed by atoms with van der Waals surface area (Å²) in [6.45, 7) is 7.68. The quantitative estimate of drug-likeness (QED) is 0.297. The Bertz CT molecular complexity index is 1130. The van der Waals surface area contributed by atoms with Gasteiger partial charge in [0.05, 0.1) is 0 Å². The number of fused-ring (bicyclic) bond motifs is 1. The molecule has 4 rings (SSSR count). The Hall–Kier alpha value is -3.11. The van der Waals surface area contributed by atoms with Crippen LogP contribution in [0.5, 0.6) is 0 Å². The van der Waals surface area contributed by atoms with E-state index in [1.165, 1.54) is 5.56 Å². The molecule has 0 bridgehead atoms. The molecule has 0 radical (unpaired) electrons. The average Bonchev–Trinajstić information content (AvgIpc) is 2.82. The van der Waals surface area contributed by atoms with E-state index in [4.69, 9.17) is 0 Å². The Balaban J connectivity index is 1.52. The van der Waals surface area contributed by atoms with Gasteiger partial charge in [-0.2, -0.15) is 0 Å². The van der Waals surface area contributed by atoms with Crippen molar-refractivity contribution in [3.8, 4) is 11.8 Å². The van der Waals surface area contributed by atoms with Crippen LogP contribution in [0.25, 0.3) is 10.8 Å². The van der Waals surface area contributed by atoms with Crippen LogP contribution in [0, 0.1) is 23.6 Å². The Kier molecular flexibility index (Phi) is 6.68. The Morgan fingerprint density at radius 3 is 2.29 bits per heavy atom. The fourth-order valence-corrected chi connectivity index (χ4v) is 4.54. The standard InChI is InChI=1S/C30H29F/c1-3-5-6-23-7-9-24(10-8-23)11-12-25-15-19-29-27(21-25)18-20-28(30(29)31)26-16-13-22(4-2)14-17-26/h3-4,7-10,15,18-22,26H,1-2,5-6,13-14,16-17H2. The highest BCUT2D eigenvalue weighted by molar-refractivity contribution is 5.85. The zero-order valence-electron chi connectivity index (χ0n) is 18.0. The lowest BCUT2D eigenvalue weighted by atomic mass is 9.78. The summed E-state index contributed by atoms with van der Waals surface area (Å²) < 4.78 is 15.3. The molecule has 0 unspecified atom stereocenters. The summed E-state index contributed by atoms with van der Waals surface area (Å²) in [7, 11) is 0. The van der Waals surface area contributed by atoms with Gasteiger partial charge in [-0.05, 0) is 91.1 Å². The minimum Gasteiger partial charge on any atom is -0.206 e. The second-order valence-corrected chi connectivity index (χ2v) is 8.53. The zero-order valence-corrected chi connectivity index (χ0v) is 18.0. The SMILES string of the molecule is C=CCCc1ccc(C#Cc2ccc3c(F)c(C4CCC(C=C)CC4)ccc3c2)cc1. The molecule has 0 N–H and O–H groups in total. The van der Waals surface area contributed by atoms with Gasteiger partial charge >= 0.3 is 0 Å². The molecule has 3 aromatic carbocycles. The molecule has 31 heavy (non-hydrogen) atoms. The van der Waals surface area contributed by atoms with E-state index in [-0.39, 0.29) is 5.82 Å². The van der Waals surface area contributed by atoms with Crippen molar-refractivity contribution in [1.29, 1.82) is 0 Å². The molecule has 0 saturated heterocycles. The maximum absolute atomic E-state index is 15.3. The molecule has 0 amide bonds. The lowest BCUT2D eigenvalue weighted by molar-refractivity contribution is 0.369. The van der Waals surface area contributed by atoms with Gasteiger partial charge in [-0.15, -0.1) is 13.2 Å². The van der Waals surface area contributed by atoms with E-state index in [1.54, 1.807) is 0 Å². The summed E-state index contributed by atoms with van der Waals surface area (Å²) in [5, 5.41) is 1.60. The molecular formula is C30H29F. The van der Waals surface area contributed by atoms with E-state index in [0.717, 1.165) is 60.6 Å². The molecule has 1 saturated carbocycles. The van der Waals surface area contributed by atoms with Gasteiger partial charge in [-0.1, -0.05) is 54.3 Å². The van der Waals surface area contributed by atoms with Crippen molar-refractivity contribution in [2.24, 2.45) is 5.92 Å². The number of halogens is 1. The zero-order chi connectivity index (χ0) is 21.6. The minimum atomic E-state index is -0.0609. The molecule has 0 spiro atoms. The Labute approximate surface area is 185 Å². The normalized spacial score (nSPS) is 18.2. The van der Waals surface area contributed by atoms with Gasteiger partial charge in [0, 0.05) is 16.5 Å². The maximum Gasteiger partial charge on any atom is 0.134 e. The third kappa shape index (κ3) is 4.97. The molecule has 1 fully saturated rings. The molecule has 1 heteroatoms. The molecule has 0 aliphatic heterocycles. The van der Waals surface area contributed by atoms with Gasteiger partial charge in [0.25, 0.3) is 0 Å². The number of benzene rings is 3. The van der Waals surface area contributed by atoms with Crippen LogP contribution in [-0.4, -0.2) is 0 Å². The maximum atomic E-state index is 15.3. The van der Waals surface area contributed by atoms with Gasteiger partial charge in [0.2, 0.25) is 0 Å². The molecule has 1 aliphatic carbocycles. The Morgan fingerprint density at radius 2 is 1.58 bits per heavy atom. The van der Waals surface area contributed by atoms with Gasteiger partial charge in [0.1, 0.15) is 5.82 Å². The van der Waals surface area contributed by atoms with Crippen LogP contribution in [0.1, 0.15) is 60.3 Å². The number of hydrogen-bond acceptors (Lipinski definition) is 0. The first-order chi connectivity index (χ1) is 15.2. The van der Waals surface area contributed by atoms with Crippen molar-refractivity contribution in [2.45, 2.75) is 44.4 Å². The van der Waals surface area contributed by atoms with Crippen LogP contribution in [0.15, 0.2) is 79.9 Å². The highest BCUT2D eigenvalue weighted by Gasteiger charge is 2.23. The highest BCUT2D eigenvalue weighted by Crippen LogP contribution is 2.38. The molecule has 1 aliphatic rings. The topological polar surface area (TPSA) is 0 Å². The van der Waals surface area contributed by atoms with Gasteiger partial charge < -0.3 is 0 Å². The van der Waals surface area contributed by atoms with Crippen molar-refractivity contribution in [3.05, 3.63) is 108 Å². The molecule has 0 nitrogen and oxygen atoms in total. The highest BCUT2D eigenvalue weighted by atomic mass is 19.1. The first-order valence-corrected chi connectivity index (χ1v) is 11.2. The van der Waals surface area contributed by atoms with Crippen molar-refractivity contribution in [3.63, 3.8) is 0 Å². The third-order valence-corrected chi connectivity index (χ3v) is 6.47. The van der Waals surface area contributed by atoms with Gasteiger partial charge in [0.15, 0.2) is 0 Å². The van der Waals surface area contributed by atoms with Crippen LogP contribution in [0.2, 0.25) is 0 Å². The predicted octanol–water partition coefficient (Wildman–Crippen LogP) is 7.96. The number of rotatable bonds is 5. The first kappa shape index (κ1) is 21.1. The average molecular weight is 409 g/mol. The fourth-order valence-electron chi connectivity index (χ4n) is 4.54. The molecule has 0 atom stereocenters. The van der Waals surface area contributed by atoms with Crippen molar-refractivity contribution in [2.75, 3.05) is 0 Å². The first-order valence-electron chi connectivity index (χ1n) is 11.2. The van der Waals surface area contributed by atoms with Gasteiger partial charge in [-0.3, -0.25) is 0 Å². The summed E-state index contributed by atoms with van der Waals surface area (Å²) >= 11 is 0. The van der Waals surface area contributed by atoms with Gasteiger partial charge in [-0.25, -0.2) is 4.39 Å². The summed E-state index contributed by atoms with van der Waals surface area (Å²) in [6, 6.07) is 18.2. The summed E-state index contributed by atoms with van der Waals surface area (Å²) in [5.41, 5.74) is 4.05. The van der Waals surface area contributed by atoms with Crippen LogP contribution < -0.4 is 0 Å². The van der Waals surface area contributed by atoms with Crippen LogP contribution in [-0.2, 0) is 6.42 Å². The number of aryl methyl sites for hydroxylation is 1. The lowest BCUT2D eigenvalue weighted by Crippen LogP contribution is -2.12. The molecule has 0 heterocycles. The smallest absolute Gasteiger partial charge is 0.134 e. The predicted molar refractivity (Wildman–Crippen MR) is 130 cm³/mol. The summed E-state index contributed by atoms with van der Waals surface area (Å²) in [4.78, 5) is 0. The van der Waals surface area contributed by atoms with E-state index in [9.17, 15) is 0 Å². The van der Waals surface area contributed by atoms with Crippen molar-refractivity contribution >= 4 is 10.8 Å². The second-order valence-electron chi connectivity index (χ2n) is 8.53. The van der Waals surface area contributed by atoms with Crippen LogP contribution >= 0.6 is 0 Å². The summed E-state index contributed by atoms with van der Waals surface area (Å²) in [5.74, 6) is 7.29. The largest absolute Gasteiger partial charge is 0.206 e. The Morgan fingerprint density at radius 1 is 0.871 bits per heavy atom. The second kappa shape index (κ2) is 9.80. The van der Waals surface area contributed by atoms with E-state index in [2.05, 4.69) is 49.3 Å². The number of hydrogen-bond donors (Lipinski definition) is 0. The van der Waals surface area contributed by atoms with Crippen LogP contribution in [0.4, 0.5) is 4.39 Å². The van der Waals surface area contributed by atoms with Crippen molar-refractivity contribution in [1.82, 2.24) is 0 Å². The third-order valence-electron chi connectivity index (χ3n) is 6.47. The lowest BCUT2D eigenvalue weighted by Gasteiger charge is -2.27. The molecule has 3 aromatic rings.